The minimum Gasteiger partial charge on any atom is -0.481 e. The lowest BCUT2D eigenvalue weighted by Crippen LogP contribution is -2.33. The van der Waals surface area contributed by atoms with Crippen LogP contribution in [0.4, 0.5) is 5.69 Å². The van der Waals surface area contributed by atoms with Gasteiger partial charge in [0.15, 0.2) is 0 Å². The van der Waals surface area contributed by atoms with Gasteiger partial charge in [-0.15, -0.1) is 0 Å². The number of aryl methyl sites for hydroxylation is 1. The number of hydrogen-bond acceptors (Lipinski definition) is 3. The van der Waals surface area contributed by atoms with Crippen LogP contribution in [0.5, 0.6) is 0 Å². The predicted molar refractivity (Wildman–Crippen MR) is 98.5 cm³/mol. The van der Waals surface area contributed by atoms with Crippen molar-refractivity contribution >= 4 is 21.7 Å². The summed E-state index contributed by atoms with van der Waals surface area (Å²) in [4.78, 5) is 11.1. The topological polar surface area (TPSA) is 74.7 Å². The molecule has 6 heteroatoms. The van der Waals surface area contributed by atoms with E-state index < -0.39 is 16.0 Å². The SMILES string of the molecule is Cc1ccc(S(=O)(=O)N(CCC(=O)O)c2ccc(C(C)C)cc2)cc1. The average molecular weight is 361 g/mol. The van der Waals surface area contributed by atoms with Crippen molar-refractivity contribution in [3.63, 3.8) is 0 Å². The van der Waals surface area contributed by atoms with E-state index in [1.165, 1.54) is 0 Å². The molecule has 0 unspecified atom stereocenters. The van der Waals surface area contributed by atoms with Crippen molar-refractivity contribution in [2.75, 3.05) is 10.8 Å². The van der Waals surface area contributed by atoms with Crippen molar-refractivity contribution in [1.82, 2.24) is 0 Å². The summed E-state index contributed by atoms with van der Waals surface area (Å²) in [6.07, 6.45) is -0.267. The highest BCUT2D eigenvalue weighted by molar-refractivity contribution is 7.92. The summed E-state index contributed by atoms with van der Waals surface area (Å²) in [7, 11) is -3.83. The van der Waals surface area contributed by atoms with E-state index in [1.54, 1.807) is 36.4 Å². The van der Waals surface area contributed by atoms with E-state index in [0.717, 1.165) is 15.4 Å². The second kappa shape index (κ2) is 7.70. The fourth-order valence-corrected chi connectivity index (χ4v) is 3.91. The minimum atomic E-state index is -3.83. The molecule has 0 fully saturated rings. The minimum absolute atomic E-state index is 0.118. The van der Waals surface area contributed by atoms with Gasteiger partial charge < -0.3 is 5.11 Å². The van der Waals surface area contributed by atoms with Crippen LogP contribution in [0.1, 0.15) is 37.3 Å². The zero-order valence-electron chi connectivity index (χ0n) is 14.6. The number of hydrogen-bond donors (Lipinski definition) is 1. The molecule has 134 valence electrons. The Balaban J connectivity index is 2.44. The van der Waals surface area contributed by atoms with E-state index >= 15 is 0 Å². The number of carboxylic acid groups (broad SMARTS) is 1. The van der Waals surface area contributed by atoms with Gasteiger partial charge in [0, 0.05) is 6.54 Å². The Morgan fingerprint density at radius 3 is 2.08 bits per heavy atom. The van der Waals surface area contributed by atoms with E-state index in [1.807, 2.05) is 19.1 Å². The lowest BCUT2D eigenvalue weighted by molar-refractivity contribution is -0.136. The molecule has 0 saturated heterocycles. The van der Waals surface area contributed by atoms with Gasteiger partial charge in [-0.2, -0.15) is 0 Å². The third-order valence-electron chi connectivity index (χ3n) is 3.99. The van der Waals surface area contributed by atoms with Gasteiger partial charge in [-0.25, -0.2) is 8.42 Å². The van der Waals surface area contributed by atoms with Crippen LogP contribution in [-0.4, -0.2) is 26.0 Å². The van der Waals surface area contributed by atoms with Crippen molar-refractivity contribution < 1.29 is 18.3 Å². The Hall–Kier alpha value is -2.34. The van der Waals surface area contributed by atoms with Crippen LogP contribution in [0.2, 0.25) is 0 Å². The number of nitrogens with zero attached hydrogens (tertiary/aromatic N) is 1. The van der Waals surface area contributed by atoms with Crippen LogP contribution >= 0.6 is 0 Å². The number of rotatable bonds is 7. The van der Waals surface area contributed by atoms with Crippen LogP contribution in [0, 0.1) is 6.92 Å². The molecule has 0 radical (unpaired) electrons. The number of carboxylic acids is 1. The van der Waals surface area contributed by atoms with Crippen LogP contribution in [-0.2, 0) is 14.8 Å². The summed E-state index contributed by atoms with van der Waals surface area (Å²) in [6.45, 7) is 5.87. The van der Waals surface area contributed by atoms with Crippen molar-refractivity contribution in [2.24, 2.45) is 0 Å². The smallest absolute Gasteiger partial charge is 0.305 e. The molecule has 0 aliphatic heterocycles. The Bertz CT molecular complexity index is 825. The molecule has 0 saturated carbocycles. The van der Waals surface area contributed by atoms with Crippen molar-refractivity contribution in [3.05, 3.63) is 59.7 Å². The van der Waals surface area contributed by atoms with Crippen LogP contribution in [0.25, 0.3) is 0 Å². The standard InChI is InChI=1S/C19H23NO4S/c1-14(2)16-6-8-17(9-7-16)20(13-12-19(21)22)25(23,24)18-10-4-15(3)5-11-18/h4-11,14H,12-13H2,1-3H3,(H,21,22). The first-order valence-electron chi connectivity index (χ1n) is 8.13. The van der Waals surface area contributed by atoms with Gasteiger partial charge in [-0.1, -0.05) is 43.7 Å². The lowest BCUT2D eigenvalue weighted by atomic mass is 10.0. The van der Waals surface area contributed by atoms with Crippen LogP contribution in [0.15, 0.2) is 53.4 Å². The van der Waals surface area contributed by atoms with E-state index in [-0.39, 0.29) is 17.9 Å². The summed E-state index contributed by atoms with van der Waals surface area (Å²) in [5, 5.41) is 8.98. The average Bonchev–Trinajstić information content (AvgIpc) is 2.55. The number of benzene rings is 2. The maximum absolute atomic E-state index is 13.0. The molecule has 0 aromatic heterocycles. The molecule has 2 rings (SSSR count). The largest absolute Gasteiger partial charge is 0.481 e. The van der Waals surface area contributed by atoms with E-state index in [2.05, 4.69) is 13.8 Å². The first kappa shape index (κ1) is 19.0. The summed E-state index contributed by atoms with van der Waals surface area (Å²) in [5.41, 5.74) is 2.51. The molecule has 1 N–H and O–H groups in total. The van der Waals surface area contributed by atoms with Crippen molar-refractivity contribution in [3.8, 4) is 0 Å². The highest BCUT2D eigenvalue weighted by Gasteiger charge is 2.25. The second-order valence-electron chi connectivity index (χ2n) is 6.28. The maximum atomic E-state index is 13.0. The van der Waals surface area contributed by atoms with Gasteiger partial charge in [-0.05, 0) is 42.7 Å². The molecule has 2 aromatic rings. The molecule has 0 atom stereocenters. The zero-order valence-corrected chi connectivity index (χ0v) is 15.5. The molecule has 0 bridgehead atoms. The first-order chi connectivity index (χ1) is 11.7. The first-order valence-corrected chi connectivity index (χ1v) is 9.57. The number of aliphatic carboxylic acids is 1. The van der Waals surface area contributed by atoms with Gasteiger partial charge >= 0.3 is 5.97 Å². The predicted octanol–water partition coefficient (Wildman–Crippen LogP) is 3.79. The van der Waals surface area contributed by atoms with Gasteiger partial charge in [0.1, 0.15) is 0 Å². The monoisotopic (exact) mass is 361 g/mol. The number of anilines is 1. The molecule has 5 nitrogen and oxygen atoms in total. The molecule has 2 aromatic carbocycles. The third kappa shape index (κ3) is 4.60. The molecular weight excluding hydrogens is 338 g/mol. The van der Waals surface area contributed by atoms with Crippen LogP contribution in [0.3, 0.4) is 0 Å². The molecular formula is C19H23NO4S. The maximum Gasteiger partial charge on any atom is 0.305 e. The molecule has 0 heterocycles. The van der Waals surface area contributed by atoms with Gasteiger partial charge in [0.25, 0.3) is 10.0 Å². The highest BCUT2D eigenvalue weighted by atomic mass is 32.2. The van der Waals surface area contributed by atoms with Crippen LogP contribution < -0.4 is 4.31 Å². The summed E-state index contributed by atoms with van der Waals surface area (Å²) >= 11 is 0. The highest BCUT2D eigenvalue weighted by Crippen LogP contribution is 2.26. The van der Waals surface area contributed by atoms with Gasteiger partial charge in [-0.3, -0.25) is 9.10 Å². The normalized spacial score (nSPS) is 11.5. The second-order valence-corrected chi connectivity index (χ2v) is 8.14. The van der Waals surface area contributed by atoms with Gasteiger partial charge in [0.05, 0.1) is 17.0 Å². The van der Waals surface area contributed by atoms with E-state index in [0.29, 0.717) is 11.6 Å². The van der Waals surface area contributed by atoms with Crippen molar-refractivity contribution in [1.29, 1.82) is 0 Å². The fourth-order valence-electron chi connectivity index (χ4n) is 2.45. The number of carbonyl (C=O) groups is 1. The molecule has 0 aliphatic carbocycles. The third-order valence-corrected chi connectivity index (χ3v) is 5.83. The summed E-state index contributed by atoms with van der Waals surface area (Å²) in [5.74, 6) is -0.710. The Kier molecular flexibility index (Phi) is 5.85. The Morgan fingerprint density at radius 2 is 1.60 bits per heavy atom. The lowest BCUT2D eigenvalue weighted by Gasteiger charge is -2.24. The molecule has 0 aliphatic rings. The van der Waals surface area contributed by atoms with E-state index in [4.69, 9.17) is 5.11 Å². The fraction of sp³-hybridized carbons (Fsp3) is 0.316. The Morgan fingerprint density at radius 1 is 1.04 bits per heavy atom. The van der Waals surface area contributed by atoms with E-state index in [9.17, 15) is 13.2 Å². The van der Waals surface area contributed by atoms with Gasteiger partial charge in [0.2, 0.25) is 0 Å². The Labute approximate surface area is 149 Å². The summed E-state index contributed by atoms with van der Waals surface area (Å²) < 4.78 is 27.2. The van der Waals surface area contributed by atoms with Crippen molar-refractivity contribution in [2.45, 2.75) is 38.0 Å². The summed E-state index contributed by atoms with van der Waals surface area (Å²) in [6, 6.07) is 13.7. The molecule has 0 amide bonds. The molecule has 0 spiro atoms. The quantitative estimate of drug-likeness (QED) is 0.814. The zero-order chi connectivity index (χ0) is 18.6. The number of sulfonamides is 1. The molecule has 25 heavy (non-hydrogen) atoms.